The van der Waals surface area contributed by atoms with Crippen LogP contribution in [0, 0.1) is 0 Å². The van der Waals surface area contributed by atoms with Crippen molar-refractivity contribution in [3.63, 3.8) is 0 Å². The Morgan fingerprint density at radius 3 is 2.48 bits per heavy atom. The summed E-state index contributed by atoms with van der Waals surface area (Å²) < 4.78 is 0. The number of fused-ring (bicyclic) bond motifs is 6. The second-order valence-corrected chi connectivity index (χ2v) is 10.1. The number of nitrogens with zero attached hydrogens (tertiary/aromatic N) is 2. The first-order valence-corrected chi connectivity index (χ1v) is 11.4. The van der Waals surface area contributed by atoms with Crippen molar-refractivity contribution < 1.29 is 0 Å². The molecule has 6 rings (SSSR count). The average Bonchev–Trinajstić information content (AvgIpc) is 3.38. The van der Waals surface area contributed by atoms with Crippen LogP contribution in [-0.4, -0.2) is 17.5 Å². The summed E-state index contributed by atoms with van der Waals surface area (Å²) in [4.78, 5) is 8.02. The molecule has 4 heterocycles. The fraction of sp³-hybridized carbons (Fsp3) is 0.304. The third-order valence-corrected chi connectivity index (χ3v) is 8.67. The predicted molar refractivity (Wildman–Crippen MR) is 117 cm³/mol. The number of anilines is 2. The molecule has 0 amide bonds. The molecule has 0 aromatic heterocycles. The summed E-state index contributed by atoms with van der Waals surface area (Å²) >= 11 is 3.99. The Morgan fingerprint density at radius 2 is 1.63 bits per heavy atom. The molecule has 136 valence electrons. The maximum absolute atomic E-state index is 2.63. The lowest BCUT2D eigenvalue weighted by atomic mass is 10.1. The number of hydrogen-bond donors (Lipinski definition) is 0. The van der Waals surface area contributed by atoms with Crippen molar-refractivity contribution in [1.29, 1.82) is 0 Å². The van der Waals surface area contributed by atoms with E-state index in [2.05, 4.69) is 78.3 Å². The lowest BCUT2D eigenvalue weighted by molar-refractivity contribution is 0.739. The molecular weight excluding hydrogens is 368 g/mol. The zero-order valence-electron chi connectivity index (χ0n) is 15.6. The van der Waals surface area contributed by atoms with E-state index in [1.165, 1.54) is 38.2 Å². The van der Waals surface area contributed by atoms with Gasteiger partial charge >= 0.3 is 0 Å². The Hall–Kier alpha value is -1.78. The zero-order valence-corrected chi connectivity index (χ0v) is 17.2. The molecule has 0 saturated carbocycles. The predicted octanol–water partition coefficient (Wildman–Crippen LogP) is 6.26. The van der Waals surface area contributed by atoms with Crippen LogP contribution in [0.5, 0.6) is 0 Å². The average molecular weight is 391 g/mol. The van der Waals surface area contributed by atoms with Crippen LogP contribution < -0.4 is 9.80 Å². The quantitative estimate of drug-likeness (QED) is 0.567. The highest BCUT2D eigenvalue weighted by Crippen LogP contribution is 2.55. The molecule has 2 aromatic carbocycles. The van der Waals surface area contributed by atoms with Crippen LogP contribution in [0.25, 0.3) is 0 Å². The minimum Gasteiger partial charge on any atom is -0.351 e. The van der Waals surface area contributed by atoms with E-state index >= 15 is 0 Å². The first-order chi connectivity index (χ1) is 13.2. The fourth-order valence-corrected chi connectivity index (χ4v) is 7.69. The van der Waals surface area contributed by atoms with Crippen molar-refractivity contribution in [1.82, 2.24) is 0 Å². The summed E-state index contributed by atoms with van der Waals surface area (Å²) in [6.07, 6.45) is 4.87. The van der Waals surface area contributed by atoms with Crippen molar-refractivity contribution in [3.05, 3.63) is 70.8 Å². The molecule has 0 N–H and O–H groups in total. The molecular formula is C23H22N2S2. The number of allylic oxidation sites excluding steroid dienone is 1. The van der Waals surface area contributed by atoms with Crippen molar-refractivity contribution in [2.75, 3.05) is 9.80 Å². The van der Waals surface area contributed by atoms with Crippen LogP contribution in [0.4, 0.5) is 11.4 Å². The smallest absolute Gasteiger partial charge is 0.102 e. The van der Waals surface area contributed by atoms with E-state index in [1.807, 2.05) is 23.5 Å². The summed E-state index contributed by atoms with van der Waals surface area (Å²) in [6.45, 7) is 4.73. The molecule has 0 bridgehead atoms. The molecule has 1 fully saturated rings. The van der Waals surface area contributed by atoms with Gasteiger partial charge in [-0.1, -0.05) is 53.9 Å². The Bertz CT molecular complexity index is 1010. The third-order valence-electron chi connectivity index (χ3n) is 6.10. The normalized spacial score (nSPS) is 29.4. The molecule has 1 saturated heterocycles. The van der Waals surface area contributed by atoms with E-state index in [4.69, 9.17) is 0 Å². The number of hydrogen-bond acceptors (Lipinski definition) is 4. The maximum Gasteiger partial charge on any atom is 0.102 e. The van der Waals surface area contributed by atoms with Gasteiger partial charge in [0, 0.05) is 21.9 Å². The number of thioether (sulfide) groups is 2. The molecule has 2 nitrogen and oxygen atoms in total. The molecule has 3 unspecified atom stereocenters. The number of benzene rings is 2. The van der Waals surface area contributed by atoms with Crippen LogP contribution in [0.15, 0.2) is 80.6 Å². The first-order valence-electron chi connectivity index (χ1n) is 9.74. The van der Waals surface area contributed by atoms with Crippen LogP contribution in [0.1, 0.15) is 26.7 Å². The van der Waals surface area contributed by atoms with E-state index in [1.54, 1.807) is 5.57 Å². The zero-order chi connectivity index (χ0) is 18.1. The van der Waals surface area contributed by atoms with E-state index in [0.29, 0.717) is 17.5 Å². The summed E-state index contributed by atoms with van der Waals surface area (Å²) in [6, 6.07) is 18.8. The number of para-hydroxylation sites is 2. The molecule has 4 aliphatic heterocycles. The van der Waals surface area contributed by atoms with Crippen molar-refractivity contribution in [2.45, 2.75) is 53.9 Å². The molecule has 4 aliphatic rings. The molecule has 2 aromatic rings. The van der Waals surface area contributed by atoms with E-state index in [-0.39, 0.29) is 0 Å². The lowest BCUT2D eigenvalue weighted by Crippen LogP contribution is -2.29. The van der Waals surface area contributed by atoms with Gasteiger partial charge in [0.2, 0.25) is 0 Å². The third kappa shape index (κ3) is 2.29. The molecule has 3 atom stereocenters. The van der Waals surface area contributed by atoms with Gasteiger partial charge in [-0.25, -0.2) is 0 Å². The SMILES string of the molecule is CC1CC(C=C2CC(C)N3c4ccccc4SC23)=C2Sc3ccccc3N21. The summed E-state index contributed by atoms with van der Waals surface area (Å²) in [7, 11) is 0. The van der Waals surface area contributed by atoms with Gasteiger partial charge in [-0.15, -0.1) is 0 Å². The second kappa shape index (κ2) is 5.86. The van der Waals surface area contributed by atoms with Gasteiger partial charge in [0.05, 0.1) is 16.4 Å². The second-order valence-electron chi connectivity index (χ2n) is 7.94. The fourth-order valence-electron chi connectivity index (χ4n) is 4.97. The van der Waals surface area contributed by atoms with Gasteiger partial charge in [-0.05, 0) is 62.1 Å². The minimum absolute atomic E-state index is 0.476. The largest absolute Gasteiger partial charge is 0.351 e. The lowest BCUT2D eigenvalue weighted by Gasteiger charge is -2.23. The van der Waals surface area contributed by atoms with E-state index < -0.39 is 0 Å². The van der Waals surface area contributed by atoms with Gasteiger partial charge in [-0.2, -0.15) is 0 Å². The summed E-state index contributed by atoms with van der Waals surface area (Å²) in [5, 5.41) is 1.94. The Balaban J connectivity index is 1.39. The highest BCUT2D eigenvalue weighted by Gasteiger charge is 2.42. The van der Waals surface area contributed by atoms with Crippen LogP contribution in [0.3, 0.4) is 0 Å². The molecule has 0 radical (unpaired) electrons. The standard InChI is InChI=1S/C23H22N2S2/c1-14-11-16(22-24(14)18-7-3-5-9-20(18)26-22)13-17-12-15(2)25-19-8-4-6-10-21(19)27-23(17)25/h3-10,13-15,22H,11-12H2,1-2H3. The van der Waals surface area contributed by atoms with Crippen LogP contribution >= 0.6 is 23.5 Å². The van der Waals surface area contributed by atoms with Gasteiger partial charge in [0.15, 0.2) is 0 Å². The molecule has 27 heavy (non-hydrogen) atoms. The van der Waals surface area contributed by atoms with Gasteiger partial charge in [-0.3, -0.25) is 0 Å². The van der Waals surface area contributed by atoms with Gasteiger partial charge in [0.25, 0.3) is 0 Å². The van der Waals surface area contributed by atoms with Crippen molar-refractivity contribution >= 4 is 34.9 Å². The highest BCUT2D eigenvalue weighted by molar-refractivity contribution is 8.03. The molecule has 0 spiro atoms. The Kier molecular flexibility index (Phi) is 3.51. The number of rotatable bonds is 1. The van der Waals surface area contributed by atoms with Crippen LogP contribution in [0.2, 0.25) is 0 Å². The highest BCUT2D eigenvalue weighted by atomic mass is 32.2. The van der Waals surface area contributed by atoms with E-state index in [0.717, 1.165) is 6.42 Å². The molecule has 4 heteroatoms. The monoisotopic (exact) mass is 390 g/mol. The minimum atomic E-state index is 0.476. The van der Waals surface area contributed by atoms with Gasteiger partial charge in [0.1, 0.15) is 5.37 Å². The van der Waals surface area contributed by atoms with Gasteiger partial charge < -0.3 is 9.80 Å². The first kappa shape index (κ1) is 16.2. The summed E-state index contributed by atoms with van der Waals surface area (Å²) in [5.74, 6) is 0. The Morgan fingerprint density at radius 1 is 0.889 bits per heavy atom. The van der Waals surface area contributed by atoms with E-state index in [9.17, 15) is 0 Å². The topological polar surface area (TPSA) is 6.48 Å². The summed E-state index contributed by atoms with van der Waals surface area (Å²) in [5.41, 5.74) is 5.94. The van der Waals surface area contributed by atoms with Crippen molar-refractivity contribution in [2.24, 2.45) is 0 Å². The molecule has 0 aliphatic carbocycles. The Labute approximate surface area is 169 Å². The van der Waals surface area contributed by atoms with Crippen molar-refractivity contribution in [3.8, 4) is 0 Å². The van der Waals surface area contributed by atoms with Crippen LogP contribution in [-0.2, 0) is 0 Å². The maximum atomic E-state index is 2.63.